The Kier molecular flexibility index (Phi) is 1.88. The first-order chi connectivity index (χ1) is 6.16. The lowest BCUT2D eigenvalue weighted by Crippen LogP contribution is -2.14. The Morgan fingerprint density at radius 2 is 2.23 bits per heavy atom. The summed E-state index contributed by atoms with van der Waals surface area (Å²) in [5.41, 5.74) is 5.51. The van der Waals surface area contributed by atoms with E-state index in [-0.39, 0.29) is 17.9 Å². The van der Waals surface area contributed by atoms with E-state index >= 15 is 0 Å². The Hall–Kier alpha value is -1.23. The van der Waals surface area contributed by atoms with E-state index in [4.69, 9.17) is 5.73 Å². The van der Waals surface area contributed by atoms with E-state index in [2.05, 4.69) is 10.3 Å². The van der Waals surface area contributed by atoms with Gasteiger partial charge in [0.25, 0.3) is 0 Å². The molecule has 0 aliphatic heterocycles. The zero-order valence-electron chi connectivity index (χ0n) is 6.80. The number of aromatic nitrogens is 1. The quantitative estimate of drug-likeness (QED) is 0.718. The molecule has 1 aromatic rings. The molecule has 3 N–H and O–H groups in total. The van der Waals surface area contributed by atoms with E-state index in [1.165, 1.54) is 0 Å². The zero-order chi connectivity index (χ0) is 9.42. The minimum Gasteiger partial charge on any atom is -0.363 e. The van der Waals surface area contributed by atoms with Gasteiger partial charge in [-0.05, 0) is 6.42 Å². The van der Waals surface area contributed by atoms with E-state index in [0.29, 0.717) is 0 Å². The molecule has 1 aliphatic carbocycles. The average molecular weight is 185 g/mol. The minimum atomic E-state index is -0.681. The lowest BCUT2D eigenvalue weighted by Gasteiger charge is -2.04. The van der Waals surface area contributed by atoms with Crippen LogP contribution in [-0.4, -0.2) is 17.1 Å². The van der Waals surface area contributed by atoms with Crippen molar-refractivity contribution in [2.24, 2.45) is 5.73 Å². The van der Waals surface area contributed by atoms with Gasteiger partial charge in [-0.25, -0.2) is 13.8 Å². The smallest absolute Gasteiger partial charge is 0.168 e. The van der Waals surface area contributed by atoms with Crippen molar-refractivity contribution in [3.63, 3.8) is 0 Å². The molecule has 0 saturated heterocycles. The van der Waals surface area contributed by atoms with Gasteiger partial charge < -0.3 is 11.1 Å². The average Bonchev–Trinajstić information content (AvgIpc) is 2.73. The van der Waals surface area contributed by atoms with E-state index in [1.807, 2.05) is 0 Å². The van der Waals surface area contributed by atoms with Crippen LogP contribution in [0.25, 0.3) is 0 Å². The second-order valence-electron chi connectivity index (χ2n) is 3.13. The van der Waals surface area contributed by atoms with Gasteiger partial charge >= 0.3 is 0 Å². The van der Waals surface area contributed by atoms with Crippen molar-refractivity contribution in [1.82, 2.24) is 4.98 Å². The number of nitrogens with two attached hydrogens (primary N) is 1. The summed E-state index contributed by atoms with van der Waals surface area (Å²) in [7, 11) is 0. The molecule has 2 rings (SSSR count). The standard InChI is InChI=1S/C8H9F2N3/c9-4-1-5(10)8(12-3-4)13-7-2-6(7)11/h1,3,6-7H,2,11H2,(H,12,13). The van der Waals surface area contributed by atoms with E-state index in [9.17, 15) is 8.78 Å². The van der Waals surface area contributed by atoms with Crippen LogP contribution in [0.3, 0.4) is 0 Å². The molecule has 0 bridgehead atoms. The van der Waals surface area contributed by atoms with Crippen molar-refractivity contribution in [1.29, 1.82) is 0 Å². The van der Waals surface area contributed by atoms with Gasteiger partial charge in [-0.3, -0.25) is 0 Å². The van der Waals surface area contributed by atoms with Gasteiger partial charge in [0.2, 0.25) is 0 Å². The maximum Gasteiger partial charge on any atom is 0.168 e. The van der Waals surface area contributed by atoms with Crippen LogP contribution in [0.4, 0.5) is 14.6 Å². The summed E-state index contributed by atoms with van der Waals surface area (Å²) in [4.78, 5) is 3.58. The Labute approximate surface area is 74.0 Å². The highest BCUT2D eigenvalue weighted by atomic mass is 19.1. The molecular formula is C8H9F2N3. The van der Waals surface area contributed by atoms with E-state index in [0.717, 1.165) is 18.7 Å². The number of halogens is 2. The number of anilines is 1. The third-order valence-corrected chi connectivity index (χ3v) is 1.97. The third kappa shape index (κ3) is 1.75. The summed E-state index contributed by atoms with van der Waals surface area (Å²) in [6.45, 7) is 0. The topological polar surface area (TPSA) is 50.9 Å². The fourth-order valence-electron chi connectivity index (χ4n) is 1.08. The molecule has 1 saturated carbocycles. The molecular weight excluding hydrogens is 176 g/mol. The molecule has 70 valence electrons. The molecule has 1 aliphatic rings. The summed E-state index contributed by atoms with van der Waals surface area (Å²) < 4.78 is 25.4. The highest BCUT2D eigenvalue weighted by Gasteiger charge is 2.34. The molecule has 2 atom stereocenters. The maximum absolute atomic E-state index is 13.0. The normalized spacial score (nSPS) is 25.8. The molecule has 0 aromatic carbocycles. The first-order valence-corrected chi connectivity index (χ1v) is 4.00. The Bertz CT molecular complexity index is 329. The maximum atomic E-state index is 13.0. The highest BCUT2D eigenvalue weighted by Crippen LogP contribution is 2.24. The minimum absolute atomic E-state index is 0.0613. The Balaban J connectivity index is 2.11. The summed E-state index contributed by atoms with van der Waals surface area (Å²) in [5.74, 6) is -1.29. The molecule has 1 fully saturated rings. The number of pyridine rings is 1. The Morgan fingerprint density at radius 3 is 2.77 bits per heavy atom. The van der Waals surface area contributed by atoms with Crippen LogP contribution in [0.5, 0.6) is 0 Å². The predicted octanol–water partition coefficient (Wildman–Crippen LogP) is 0.871. The molecule has 13 heavy (non-hydrogen) atoms. The summed E-state index contributed by atoms with van der Waals surface area (Å²) in [6.07, 6.45) is 1.78. The van der Waals surface area contributed by atoms with Crippen LogP contribution in [0.2, 0.25) is 0 Å². The molecule has 0 spiro atoms. The molecule has 5 heteroatoms. The monoisotopic (exact) mass is 185 g/mol. The van der Waals surface area contributed by atoms with E-state index in [1.54, 1.807) is 0 Å². The van der Waals surface area contributed by atoms with Crippen molar-refractivity contribution < 1.29 is 8.78 Å². The molecule has 2 unspecified atom stereocenters. The summed E-state index contributed by atoms with van der Waals surface area (Å²) >= 11 is 0. The first-order valence-electron chi connectivity index (χ1n) is 4.00. The van der Waals surface area contributed by atoms with Gasteiger partial charge in [0.15, 0.2) is 11.6 Å². The molecule has 0 radical (unpaired) electrons. The highest BCUT2D eigenvalue weighted by molar-refractivity contribution is 5.39. The number of hydrogen-bond acceptors (Lipinski definition) is 3. The van der Waals surface area contributed by atoms with Crippen molar-refractivity contribution in [2.45, 2.75) is 18.5 Å². The lowest BCUT2D eigenvalue weighted by atomic mass is 10.4. The van der Waals surface area contributed by atoms with Crippen molar-refractivity contribution in [3.05, 3.63) is 23.9 Å². The first kappa shape index (κ1) is 8.37. The van der Waals surface area contributed by atoms with Crippen LogP contribution in [-0.2, 0) is 0 Å². The molecule has 0 amide bonds. The number of rotatable bonds is 2. The van der Waals surface area contributed by atoms with Crippen LogP contribution in [0.15, 0.2) is 12.3 Å². The third-order valence-electron chi connectivity index (χ3n) is 1.97. The van der Waals surface area contributed by atoms with Crippen LogP contribution < -0.4 is 11.1 Å². The van der Waals surface area contributed by atoms with Gasteiger partial charge in [-0.15, -0.1) is 0 Å². The second-order valence-corrected chi connectivity index (χ2v) is 3.13. The molecule has 3 nitrogen and oxygen atoms in total. The molecule has 1 aromatic heterocycles. The number of hydrogen-bond donors (Lipinski definition) is 2. The largest absolute Gasteiger partial charge is 0.363 e. The van der Waals surface area contributed by atoms with Gasteiger partial charge in [0, 0.05) is 18.2 Å². The van der Waals surface area contributed by atoms with Gasteiger partial charge in [0.1, 0.15) is 5.82 Å². The van der Waals surface area contributed by atoms with Crippen LogP contribution in [0.1, 0.15) is 6.42 Å². The SMILES string of the molecule is NC1CC1Nc1ncc(F)cc1F. The van der Waals surface area contributed by atoms with Gasteiger partial charge in [-0.1, -0.05) is 0 Å². The van der Waals surface area contributed by atoms with Gasteiger partial charge in [0.05, 0.1) is 6.20 Å². The van der Waals surface area contributed by atoms with Crippen molar-refractivity contribution in [2.75, 3.05) is 5.32 Å². The Morgan fingerprint density at radius 1 is 1.54 bits per heavy atom. The second kappa shape index (κ2) is 2.92. The zero-order valence-corrected chi connectivity index (χ0v) is 6.80. The number of nitrogens with one attached hydrogen (secondary N) is 1. The van der Waals surface area contributed by atoms with Gasteiger partial charge in [-0.2, -0.15) is 0 Å². The molecule has 1 heterocycles. The van der Waals surface area contributed by atoms with E-state index < -0.39 is 11.6 Å². The fraction of sp³-hybridized carbons (Fsp3) is 0.375. The van der Waals surface area contributed by atoms with Crippen LogP contribution in [0, 0.1) is 11.6 Å². The summed E-state index contributed by atoms with van der Waals surface area (Å²) in [6, 6.07) is 0.933. The fourth-order valence-corrected chi connectivity index (χ4v) is 1.08. The number of nitrogens with zero attached hydrogens (tertiary/aromatic N) is 1. The van der Waals surface area contributed by atoms with Crippen molar-refractivity contribution in [3.8, 4) is 0 Å². The summed E-state index contributed by atoms with van der Waals surface area (Å²) in [5, 5.41) is 2.78. The van der Waals surface area contributed by atoms with Crippen molar-refractivity contribution >= 4 is 5.82 Å². The van der Waals surface area contributed by atoms with Crippen LogP contribution >= 0.6 is 0 Å². The predicted molar refractivity (Wildman–Crippen MR) is 44.2 cm³/mol. The lowest BCUT2D eigenvalue weighted by molar-refractivity contribution is 0.575.